The SMILES string of the molecule is COC1CN(C(C)c2cc(F)ccc2O)CC1OC. The summed E-state index contributed by atoms with van der Waals surface area (Å²) in [4.78, 5) is 2.12. The molecule has 0 amide bonds. The Labute approximate surface area is 112 Å². The fraction of sp³-hybridized carbons (Fsp3) is 0.571. The molecule has 106 valence electrons. The van der Waals surface area contributed by atoms with Gasteiger partial charge in [-0.15, -0.1) is 0 Å². The van der Waals surface area contributed by atoms with Gasteiger partial charge in [0.15, 0.2) is 0 Å². The molecule has 1 N–H and O–H groups in total. The number of phenols is 1. The van der Waals surface area contributed by atoms with Crippen molar-refractivity contribution in [3.05, 3.63) is 29.6 Å². The van der Waals surface area contributed by atoms with Crippen LogP contribution < -0.4 is 0 Å². The Balaban J connectivity index is 2.16. The lowest BCUT2D eigenvalue weighted by atomic mass is 10.1. The quantitative estimate of drug-likeness (QED) is 0.907. The summed E-state index contributed by atoms with van der Waals surface area (Å²) in [6, 6.07) is 3.93. The number of hydrogen-bond acceptors (Lipinski definition) is 4. The molecule has 3 unspecified atom stereocenters. The van der Waals surface area contributed by atoms with Crippen LogP contribution in [0.25, 0.3) is 0 Å². The first-order valence-electron chi connectivity index (χ1n) is 6.35. The third-order valence-electron chi connectivity index (χ3n) is 3.84. The largest absolute Gasteiger partial charge is 0.508 e. The van der Waals surface area contributed by atoms with E-state index in [0.29, 0.717) is 18.7 Å². The summed E-state index contributed by atoms with van der Waals surface area (Å²) >= 11 is 0. The molecular weight excluding hydrogens is 249 g/mol. The molecule has 1 heterocycles. The predicted octanol–water partition coefficient (Wildman–Crippen LogP) is 1.94. The number of ether oxygens (including phenoxy) is 2. The standard InChI is InChI=1S/C14H20FNO3/c1-9(11-6-10(15)4-5-12(11)17)16-7-13(18-2)14(8-16)19-3/h4-6,9,13-14,17H,7-8H2,1-3H3. The summed E-state index contributed by atoms with van der Waals surface area (Å²) in [5.41, 5.74) is 0.589. The van der Waals surface area contributed by atoms with Gasteiger partial charge in [0.1, 0.15) is 11.6 Å². The number of aromatic hydroxyl groups is 1. The third kappa shape index (κ3) is 2.88. The lowest BCUT2D eigenvalue weighted by Crippen LogP contribution is -2.27. The van der Waals surface area contributed by atoms with E-state index < -0.39 is 0 Å². The molecule has 1 fully saturated rings. The molecule has 4 nitrogen and oxygen atoms in total. The van der Waals surface area contributed by atoms with Crippen LogP contribution in [0.4, 0.5) is 4.39 Å². The summed E-state index contributed by atoms with van der Waals surface area (Å²) in [6.07, 6.45) is 0.00584. The van der Waals surface area contributed by atoms with Gasteiger partial charge in [-0.3, -0.25) is 4.90 Å². The van der Waals surface area contributed by atoms with Crippen molar-refractivity contribution in [1.82, 2.24) is 4.90 Å². The number of hydrogen-bond donors (Lipinski definition) is 1. The van der Waals surface area contributed by atoms with E-state index in [1.54, 1.807) is 14.2 Å². The summed E-state index contributed by atoms with van der Waals surface area (Å²) in [7, 11) is 3.31. The van der Waals surface area contributed by atoms with Crippen molar-refractivity contribution in [2.24, 2.45) is 0 Å². The van der Waals surface area contributed by atoms with Crippen LogP contribution in [0.2, 0.25) is 0 Å². The fourth-order valence-corrected chi connectivity index (χ4v) is 2.60. The average molecular weight is 269 g/mol. The van der Waals surface area contributed by atoms with E-state index >= 15 is 0 Å². The van der Waals surface area contributed by atoms with Crippen LogP contribution in [0.5, 0.6) is 5.75 Å². The zero-order valence-corrected chi connectivity index (χ0v) is 11.5. The maximum absolute atomic E-state index is 13.3. The van der Waals surface area contributed by atoms with Gasteiger partial charge < -0.3 is 14.6 Å². The Morgan fingerprint density at radius 3 is 2.37 bits per heavy atom. The normalized spacial score (nSPS) is 25.7. The van der Waals surface area contributed by atoms with Gasteiger partial charge in [-0.2, -0.15) is 0 Å². The maximum Gasteiger partial charge on any atom is 0.123 e. The molecule has 1 aliphatic heterocycles. The number of nitrogens with zero attached hydrogens (tertiary/aromatic N) is 1. The molecule has 1 aliphatic rings. The second-order valence-corrected chi connectivity index (χ2v) is 4.88. The van der Waals surface area contributed by atoms with Gasteiger partial charge in [0.25, 0.3) is 0 Å². The van der Waals surface area contributed by atoms with Crippen molar-refractivity contribution in [1.29, 1.82) is 0 Å². The van der Waals surface area contributed by atoms with E-state index in [2.05, 4.69) is 4.90 Å². The molecule has 0 aromatic heterocycles. The second kappa shape index (κ2) is 5.86. The van der Waals surface area contributed by atoms with Gasteiger partial charge in [0.2, 0.25) is 0 Å². The van der Waals surface area contributed by atoms with Crippen LogP contribution in [0, 0.1) is 5.82 Å². The Bertz CT molecular complexity index is 429. The highest BCUT2D eigenvalue weighted by Crippen LogP contribution is 2.32. The zero-order valence-electron chi connectivity index (χ0n) is 11.5. The first kappa shape index (κ1) is 14.2. The second-order valence-electron chi connectivity index (χ2n) is 4.88. The summed E-state index contributed by atoms with van der Waals surface area (Å²) < 4.78 is 24.1. The molecule has 3 atom stereocenters. The molecule has 1 aromatic rings. The van der Waals surface area contributed by atoms with Gasteiger partial charge in [-0.1, -0.05) is 0 Å². The molecule has 1 saturated heterocycles. The van der Waals surface area contributed by atoms with E-state index in [1.807, 2.05) is 6.92 Å². The first-order chi connectivity index (χ1) is 9.06. The predicted molar refractivity (Wildman–Crippen MR) is 69.6 cm³/mol. The molecule has 0 saturated carbocycles. The van der Waals surface area contributed by atoms with Crippen molar-refractivity contribution >= 4 is 0 Å². The average Bonchev–Trinajstić information content (AvgIpc) is 2.84. The minimum Gasteiger partial charge on any atom is -0.508 e. The molecule has 5 heteroatoms. The van der Waals surface area contributed by atoms with Gasteiger partial charge in [0.05, 0.1) is 12.2 Å². The molecule has 0 spiro atoms. The van der Waals surface area contributed by atoms with Crippen LogP contribution in [-0.2, 0) is 9.47 Å². The molecule has 1 aromatic carbocycles. The van der Waals surface area contributed by atoms with Crippen molar-refractivity contribution < 1.29 is 19.0 Å². The molecule has 0 radical (unpaired) electrons. The summed E-state index contributed by atoms with van der Waals surface area (Å²) in [5, 5.41) is 9.86. The number of rotatable bonds is 4. The Morgan fingerprint density at radius 1 is 1.26 bits per heavy atom. The molecule has 19 heavy (non-hydrogen) atoms. The van der Waals surface area contributed by atoms with Crippen LogP contribution >= 0.6 is 0 Å². The third-order valence-corrected chi connectivity index (χ3v) is 3.84. The Hall–Kier alpha value is -1.17. The van der Waals surface area contributed by atoms with Crippen molar-refractivity contribution in [3.8, 4) is 5.75 Å². The fourth-order valence-electron chi connectivity index (χ4n) is 2.60. The van der Waals surface area contributed by atoms with Crippen LogP contribution in [0.3, 0.4) is 0 Å². The van der Waals surface area contributed by atoms with E-state index in [-0.39, 0.29) is 29.8 Å². The summed E-state index contributed by atoms with van der Waals surface area (Å²) in [5.74, 6) is -0.228. The summed E-state index contributed by atoms with van der Waals surface area (Å²) in [6.45, 7) is 3.34. The molecule has 0 bridgehead atoms. The van der Waals surface area contributed by atoms with Crippen LogP contribution in [0.15, 0.2) is 18.2 Å². The van der Waals surface area contributed by atoms with Crippen molar-refractivity contribution in [3.63, 3.8) is 0 Å². The van der Waals surface area contributed by atoms with Crippen LogP contribution in [-0.4, -0.2) is 49.5 Å². The lowest BCUT2D eigenvalue weighted by molar-refractivity contribution is -0.00461. The topological polar surface area (TPSA) is 41.9 Å². The number of benzene rings is 1. The van der Waals surface area contributed by atoms with E-state index in [9.17, 15) is 9.50 Å². The van der Waals surface area contributed by atoms with Crippen LogP contribution in [0.1, 0.15) is 18.5 Å². The van der Waals surface area contributed by atoms with Gasteiger partial charge in [-0.05, 0) is 25.1 Å². The molecule has 0 aliphatic carbocycles. The maximum atomic E-state index is 13.3. The number of phenolic OH excluding ortho intramolecular Hbond substituents is 1. The van der Waals surface area contributed by atoms with Crippen molar-refractivity contribution in [2.45, 2.75) is 25.2 Å². The highest BCUT2D eigenvalue weighted by molar-refractivity contribution is 5.35. The van der Waals surface area contributed by atoms with Gasteiger partial charge in [-0.25, -0.2) is 4.39 Å². The lowest BCUT2D eigenvalue weighted by Gasteiger charge is -2.25. The highest BCUT2D eigenvalue weighted by Gasteiger charge is 2.36. The number of methoxy groups -OCH3 is 2. The van der Waals surface area contributed by atoms with E-state index in [0.717, 1.165) is 0 Å². The van der Waals surface area contributed by atoms with Crippen molar-refractivity contribution in [2.75, 3.05) is 27.3 Å². The zero-order chi connectivity index (χ0) is 14.0. The molecular formula is C14H20FNO3. The van der Waals surface area contributed by atoms with E-state index in [4.69, 9.17) is 9.47 Å². The minimum atomic E-state index is -0.342. The smallest absolute Gasteiger partial charge is 0.123 e. The minimum absolute atomic E-state index is 0.00292. The van der Waals surface area contributed by atoms with E-state index in [1.165, 1.54) is 18.2 Å². The Kier molecular flexibility index (Phi) is 4.39. The number of likely N-dealkylation sites (tertiary alicyclic amines) is 1. The van der Waals surface area contributed by atoms with Gasteiger partial charge >= 0.3 is 0 Å². The monoisotopic (exact) mass is 269 g/mol. The Morgan fingerprint density at radius 2 is 1.84 bits per heavy atom. The first-order valence-corrected chi connectivity index (χ1v) is 6.35. The van der Waals surface area contributed by atoms with Gasteiger partial charge in [0, 0.05) is 38.9 Å². The highest BCUT2D eigenvalue weighted by atomic mass is 19.1. The molecule has 2 rings (SSSR count). The number of halogens is 1.